The minimum Gasteiger partial charge on any atom is -0.493 e. The molecule has 6 aliphatic rings. The van der Waals surface area contributed by atoms with Crippen LogP contribution in [0.1, 0.15) is 24.0 Å². The molecule has 0 aromatic heterocycles. The Morgan fingerprint density at radius 2 is 1.53 bits per heavy atom. The van der Waals surface area contributed by atoms with Crippen molar-refractivity contribution in [2.75, 3.05) is 33.9 Å². The van der Waals surface area contributed by atoms with Crippen molar-refractivity contribution in [1.82, 2.24) is 4.90 Å². The first kappa shape index (κ1) is 31.5. The second-order valence-electron chi connectivity index (χ2n) is 12.9. The van der Waals surface area contributed by atoms with Gasteiger partial charge in [-0.2, -0.15) is 0 Å². The number of ether oxygens (including phenoxy) is 6. The first-order valence-electron chi connectivity index (χ1n) is 15.3. The third-order valence-electron chi connectivity index (χ3n) is 10.8. The molecule has 3 fully saturated rings. The number of aliphatic hydroxyl groups is 8. The molecule has 1 spiro atoms. The Balaban J connectivity index is 1.34. The molecule has 0 radical (unpaired) electrons. The molecule has 8 N–H and O–H groups in total. The average molecular weight is 640 g/mol. The number of piperidine rings is 1. The van der Waals surface area contributed by atoms with Gasteiger partial charge in [-0.05, 0) is 44.1 Å². The van der Waals surface area contributed by atoms with Crippen LogP contribution in [0.5, 0.6) is 11.5 Å². The molecular formula is C30H41NO14. The SMILES string of the molecule is COc1ccc2c3c1OC1C(OC4OC(CO)C(O)C(O)C4O)=CCC4(OC5OC(CO)C(O)C(O)C5O)C(C2)N(C)CCC314. The number of hydrogen-bond donors (Lipinski definition) is 8. The average Bonchev–Trinajstić information content (AvgIpc) is 3.40. The summed E-state index contributed by atoms with van der Waals surface area (Å²) in [4.78, 5) is 2.16. The van der Waals surface area contributed by atoms with Crippen LogP contribution >= 0.6 is 0 Å². The van der Waals surface area contributed by atoms with E-state index >= 15 is 0 Å². The Morgan fingerprint density at radius 1 is 0.889 bits per heavy atom. The van der Waals surface area contributed by atoms with E-state index < -0.39 is 91.7 Å². The highest BCUT2D eigenvalue weighted by Gasteiger charge is 2.74. The van der Waals surface area contributed by atoms with E-state index in [9.17, 15) is 40.9 Å². The molecule has 4 heterocycles. The summed E-state index contributed by atoms with van der Waals surface area (Å²) < 4.78 is 37.1. The highest BCUT2D eigenvalue weighted by molar-refractivity contribution is 5.64. The van der Waals surface area contributed by atoms with Crippen molar-refractivity contribution in [2.24, 2.45) is 0 Å². The van der Waals surface area contributed by atoms with Gasteiger partial charge in [-0.15, -0.1) is 0 Å². The Morgan fingerprint density at radius 3 is 2.18 bits per heavy atom. The number of rotatable bonds is 7. The van der Waals surface area contributed by atoms with Gasteiger partial charge in [-0.3, -0.25) is 0 Å². The normalized spacial score (nSPS) is 47.0. The first-order chi connectivity index (χ1) is 21.5. The summed E-state index contributed by atoms with van der Waals surface area (Å²) in [7, 11) is 3.50. The Kier molecular flexibility index (Phi) is 7.87. The van der Waals surface area contributed by atoms with E-state index in [-0.39, 0.29) is 18.2 Å². The van der Waals surface area contributed by atoms with Gasteiger partial charge in [-0.25, -0.2) is 0 Å². The van der Waals surface area contributed by atoms with Gasteiger partial charge in [0.25, 0.3) is 0 Å². The molecule has 2 bridgehead atoms. The zero-order chi connectivity index (χ0) is 32.0. The number of benzene rings is 1. The maximum Gasteiger partial charge on any atom is 0.228 e. The monoisotopic (exact) mass is 639 g/mol. The molecule has 1 aromatic carbocycles. The maximum absolute atomic E-state index is 11.1. The summed E-state index contributed by atoms with van der Waals surface area (Å²) in [6.07, 6.45) is -12.9. The molecule has 15 nitrogen and oxygen atoms in total. The van der Waals surface area contributed by atoms with Crippen LogP contribution in [-0.2, 0) is 30.8 Å². The van der Waals surface area contributed by atoms with Crippen LogP contribution < -0.4 is 9.47 Å². The van der Waals surface area contributed by atoms with Crippen molar-refractivity contribution >= 4 is 0 Å². The Labute approximate surface area is 258 Å². The van der Waals surface area contributed by atoms with Crippen molar-refractivity contribution in [2.45, 2.75) is 104 Å². The summed E-state index contributed by atoms with van der Waals surface area (Å²) in [5, 5.41) is 83.2. The Bertz CT molecular complexity index is 1330. The van der Waals surface area contributed by atoms with Gasteiger partial charge >= 0.3 is 0 Å². The maximum atomic E-state index is 11.1. The van der Waals surface area contributed by atoms with Gasteiger partial charge < -0.3 is 74.2 Å². The number of likely N-dealkylation sites (tertiary alicyclic amines) is 1. The summed E-state index contributed by atoms with van der Waals surface area (Å²) in [5.41, 5.74) is -0.320. The smallest absolute Gasteiger partial charge is 0.228 e. The molecule has 2 aliphatic carbocycles. The number of aliphatic hydroxyl groups excluding tert-OH is 8. The standard InChI is InChI=1S/C30H41NO14/c1-31-8-7-29-18-12-3-4-13(40-2)25(18)44-26(29)14(41-27-23(38)21(36)19(34)15(10-32)42-27)5-6-30(29,17(31)9-12)45-28-24(39)22(37)20(35)16(11-33)43-28/h3-5,15-17,19-24,26-28,32-39H,6-11H2,1-2H3. The molecule has 1 aromatic rings. The van der Waals surface area contributed by atoms with Crippen molar-refractivity contribution in [3.05, 3.63) is 35.1 Å². The number of hydrogen-bond acceptors (Lipinski definition) is 15. The van der Waals surface area contributed by atoms with Crippen molar-refractivity contribution in [3.63, 3.8) is 0 Å². The molecule has 3 saturated heterocycles. The lowest BCUT2D eigenvalue weighted by Gasteiger charge is -2.64. The topological polar surface area (TPSA) is 220 Å². The zero-order valence-corrected chi connectivity index (χ0v) is 24.9. The van der Waals surface area contributed by atoms with E-state index in [4.69, 9.17) is 28.4 Å². The van der Waals surface area contributed by atoms with Gasteiger partial charge in [0.15, 0.2) is 23.9 Å². The van der Waals surface area contributed by atoms with E-state index in [2.05, 4.69) is 4.90 Å². The van der Waals surface area contributed by atoms with Crippen LogP contribution in [0.15, 0.2) is 24.0 Å². The summed E-state index contributed by atoms with van der Waals surface area (Å²) in [6.45, 7) is -0.614. The van der Waals surface area contributed by atoms with Gasteiger partial charge in [-0.1, -0.05) is 6.07 Å². The number of likely N-dealkylation sites (N-methyl/N-ethyl adjacent to an activating group) is 1. The fraction of sp³-hybridized carbons (Fsp3) is 0.733. The molecule has 15 heteroatoms. The van der Waals surface area contributed by atoms with E-state index in [1.54, 1.807) is 6.08 Å². The fourth-order valence-corrected chi connectivity index (χ4v) is 8.47. The number of methoxy groups -OCH3 is 1. The van der Waals surface area contributed by atoms with Crippen LogP contribution in [0.25, 0.3) is 0 Å². The van der Waals surface area contributed by atoms with E-state index in [0.717, 1.165) is 11.1 Å². The Hall–Kier alpha value is -2.12. The lowest BCUT2D eigenvalue weighted by molar-refractivity contribution is -0.352. The predicted molar refractivity (Wildman–Crippen MR) is 149 cm³/mol. The van der Waals surface area contributed by atoms with Crippen molar-refractivity contribution in [3.8, 4) is 11.5 Å². The molecule has 14 atom stereocenters. The minimum absolute atomic E-state index is 0.180. The largest absolute Gasteiger partial charge is 0.493 e. The minimum atomic E-state index is -1.65. The van der Waals surface area contributed by atoms with Gasteiger partial charge in [0.1, 0.15) is 60.2 Å². The molecule has 0 saturated carbocycles. The van der Waals surface area contributed by atoms with E-state index in [1.165, 1.54) is 7.11 Å². The van der Waals surface area contributed by atoms with Gasteiger partial charge in [0, 0.05) is 18.0 Å². The highest BCUT2D eigenvalue weighted by atomic mass is 16.7. The molecule has 4 aliphatic heterocycles. The molecule has 14 unspecified atom stereocenters. The lowest BCUT2D eigenvalue weighted by atomic mass is 9.50. The third kappa shape index (κ3) is 4.27. The summed E-state index contributed by atoms with van der Waals surface area (Å²) in [6, 6.07) is 3.51. The molecule has 7 rings (SSSR count). The third-order valence-corrected chi connectivity index (χ3v) is 10.8. The van der Waals surface area contributed by atoms with Crippen LogP contribution in [0.2, 0.25) is 0 Å². The highest BCUT2D eigenvalue weighted by Crippen LogP contribution is 2.67. The van der Waals surface area contributed by atoms with Crippen LogP contribution in [-0.4, -0.2) is 159 Å². The van der Waals surface area contributed by atoms with Gasteiger partial charge in [0.2, 0.25) is 6.29 Å². The molecule has 45 heavy (non-hydrogen) atoms. The fourth-order valence-electron chi connectivity index (χ4n) is 8.47. The second kappa shape index (κ2) is 11.2. The summed E-state index contributed by atoms with van der Waals surface area (Å²) >= 11 is 0. The van der Waals surface area contributed by atoms with Crippen LogP contribution in [0, 0.1) is 0 Å². The van der Waals surface area contributed by atoms with E-state index in [0.29, 0.717) is 30.9 Å². The predicted octanol–water partition coefficient (Wildman–Crippen LogP) is -3.39. The van der Waals surface area contributed by atoms with Crippen LogP contribution in [0.3, 0.4) is 0 Å². The lowest BCUT2D eigenvalue weighted by Crippen LogP contribution is -2.77. The van der Waals surface area contributed by atoms with Crippen molar-refractivity contribution in [1.29, 1.82) is 0 Å². The quantitative estimate of drug-likeness (QED) is 0.146. The molecule has 250 valence electrons. The zero-order valence-electron chi connectivity index (χ0n) is 24.9. The molecular weight excluding hydrogens is 598 g/mol. The van der Waals surface area contributed by atoms with Gasteiger partial charge in [0.05, 0.1) is 25.7 Å². The van der Waals surface area contributed by atoms with E-state index in [1.807, 2.05) is 19.2 Å². The number of nitrogens with zero attached hydrogens (tertiary/aromatic N) is 1. The second-order valence-corrected chi connectivity index (χ2v) is 12.9. The van der Waals surface area contributed by atoms with Crippen molar-refractivity contribution < 1.29 is 69.3 Å². The molecule has 0 amide bonds. The summed E-state index contributed by atoms with van der Waals surface area (Å²) in [5.74, 6) is 1.22. The first-order valence-corrected chi connectivity index (χ1v) is 15.3. The van der Waals surface area contributed by atoms with Crippen LogP contribution in [0.4, 0.5) is 0 Å².